The van der Waals surface area contributed by atoms with E-state index in [1.807, 2.05) is 0 Å². The summed E-state index contributed by atoms with van der Waals surface area (Å²) in [6.45, 7) is 0. The van der Waals surface area contributed by atoms with Gasteiger partial charge in [0, 0.05) is 0 Å². The van der Waals surface area contributed by atoms with Crippen LogP contribution < -0.4 is 5.69 Å². The highest BCUT2D eigenvalue weighted by Crippen LogP contribution is 2.06. The molecule has 0 amide bonds. The van der Waals surface area contributed by atoms with Crippen LogP contribution in [0, 0.1) is 3.57 Å². The summed E-state index contributed by atoms with van der Waals surface area (Å²) in [4.78, 5) is 17.4. The number of halogens is 1. The summed E-state index contributed by atoms with van der Waals surface area (Å²) in [6, 6.07) is 0. The number of hydrogen-bond acceptors (Lipinski definition) is 3. The second-order valence-electron chi connectivity index (χ2n) is 1.94. The van der Waals surface area contributed by atoms with Crippen molar-refractivity contribution in [1.82, 2.24) is 19.6 Å². The fraction of sp³-hybridized carbons (Fsp3) is 0. The van der Waals surface area contributed by atoms with Crippen molar-refractivity contribution in [1.29, 1.82) is 0 Å². The maximum absolute atomic E-state index is 11.0. The summed E-state index contributed by atoms with van der Waals surface area (Å²) >= 11 is 2.07. The van der Waals surface area contributed by atoms with Crippen molar-refractivity contribution in [2.75, 3.05) is 0 Å². The van der Waals surface area contributed by atoms with Gasteiger partial charge in [0.2, 0.25) is 0 Å². The largest absolute Gasteiger partial charge is 0.349 e. The molecule has 0 radical (unpaired) electrons. The third-order valence-electron chi connectivity index (χ3n) is 1.27. The molecule has 2 rings (SSSR count). The molecule has 6 heteroatoms. The van der Waals surface area contributed by atoms with E-state index < -0.39 is 0 Å². The lowest BCUT2D eigenvalue weighted by atomic mass is 10.7. The van der Waals surface area contributed by atoms with Crippen LogP contribution in [0.5, 0.6) is 0 Å². The summed E-state index contributed by atoms with van der Waals surface area (Å²) in [5, 5.41) is 3.82. The Kier molecular flexibility index (Phi) is 1.41. The van der Waals surface area contributed by atoms with Gasteiger partial charge in [-0.05, 0) is 22.6 Å². The minimum atomic E-state index is -0.266. The second-order valence-corrected chi connectivity index (χ2v) is 3.10. The van der Waals surface area contributed by atoms with E-state index in [0.29, 0.717) is 5.65 Å². The summed E-state index contributed by atoms with van der Waals surface area (Å²) in [6.07, 6.45) is 2.96. The fourth-order valence-corrected chi connectivity index (χ4v) is 1.29. The molecule has 0 aliphatic carbocycles. The number of aromatic amines is 1. The number of nitrogens with zero attached hydrogens (tertiary/aromatic N) is 3. The van der Waals surface area contributed by atoms with E-state index >= 15 is 0 Å². The van der Waals surface area contributed by atoms with E-state index in [1.165, 1.54) is 10.8 Å². The minimum Gasteiger partial charge on any atom is -0.296 e. The van der Waals surface area contributed by atoms with Gasteiger partial charge in [-0.25, -0.2) is 9.78 Å². The molecule has 0 unspecified atom stereocenters. The molecule has 0 fully saturated rings. The third kappa shape index (κ3) is 0.934. The van der Waals surface area contributed by atoms with Crippen molar-refractivity contribution in [3.8, 4) is 0 Å². The van der Waals surface area contributed by atoms with E-state index in [1.54, 1.807) is 6.20 Å². The molecule has 11 heavy (non-hydrogen) atoms. The number of nitrogens with one attached hydrogen (secondary N) is 1. The first-order valence-electron chi connectivity index (χ1n) is 2.86. The summed E-state index contributed by atoms with van der Waals surface area (Å²) in [5.74, 6) is 0. The molecule has 2 heterocycles. The molecule has 0 saturated heterocycles. The SMILES string of the molecule is O=c1[nH]cnc2c(I)cnn12. The molecule has 0 aliphatic heterocycles. The Bertz CT molecular complexity index is 445. The number of fused-ring (bicyclic) bond motifs is 1. The van der Waals surface area contributed by atoms with Gasteiger partial charge in [-0.1, -0.05) is 0 Å². The molecule has 0 aromatic carbocycles. The Morgan fingerprint density at radius 3 is 3.18 bits per heavy atom. The third-order valence-corrected chi connectivity index (χ3v) is 2.03. The normalized spacial score (nSPS) is 10.6. The standard InChI is InChI=1S/C5H3IN4O/c6-3-1-9-10-4(3)7-2-8-5(10)11/h1-2H,(H,7,8,11). The van der Waals surface area contributed by atoms with Crippen LogP contribution in [0.15, 0.2) is 17.3 Å². The zero-order valence-corrected chi connectivity index (χ0v) is 7.44. The van der Waals surface area contributed by atoms with Gasteiger partial charge in [0.1, 0.15) is 0 Å². The Balaban J connectivity index is 3.06. The average Bonchev–Trinajstić information content (AvgIpc) is 2.35. The van der Waals surface area contributed by atoms with Crippen molar-refractivity contribution >= 4 is 28.2 Å². The van der Waals surface area contributed by atoms with E-state index in [2.05, 4.69) is 37.7 Å². The zero-order chi connectivity index (χ0) is 7.84. The van der Waals surface area contributed by atoms with E-state index in [0.717, 1.165) is 3.57 Å². The number of hydrogen-bond donors (Lipinski definition) is 1. The van der Waals surface area contributed by atoms with Gasteiger partial charge in [-0.15, -0.1) is 0 Å². The predicted octanol–water partition coefficient (Wildman–Crippen LogP) is 0.0222. The Morgan fingerprint density at radius 2 is 2.45 bits per heavy atom. The number of aromatic nitrogens is 4. The van der Waals surface area contributed by atoms with Crippen LogP contribution in [0.2, 0.25) is 0 Å². The van der Waals surface area contributed by atoms with Gasteiger partial charge < -0.3 is 0 Å². The lowest BCUT2D eigenvalue weighted by Crippen LogP contribution is -2.17. The molecule has 0 saturated carbocycles. The molecule has 2 aromatic heterocycles. The molecule has 1 N–H and O–H groups in total. The van der Waals surface area contributed by atoms with Crippen LogP contribution in [0.25, 0.3) is 5.65 Å². The quantitative estimate of drug-likeness (QED) is 0.681. The molecule has 0 aliphatic rings. The minimum absolute atomic E-state index is 0.266. The lowest BCUT2D eigenvalue weighted by molar-refractivity contribution is 0.840. The van der Waals surface area contributed by atoms with Crippen LogP contribution in [-0.4, -0.2) is 19.6 Å². The molecule has 0 spiro atoms. The summed E-state index contributed by atoms with van der Waals surface area (Å²) < 4.78 is 2.09. The van der Waals surface area contributed by atoms with Crippen LogP contribution in [0.1, 0.15) is 0 Å². The van der Waals surface area contributed by atoms with Crippen molar-refractivity contribution in [3.05, 3.63) is 26.6 Å². The van der Waals surface area contributed by atoms with Crippen LogP contribution >= 0.6 is 22.6 Å². The molecule has 2 aromatic rings. The smallest absolute Gasteiger partial charge is 0.296 e. The molecule has 5 nitrogen and oxygen atoms in total. The number of H-pyrrole nitrogens is 1. The van der Waals surface area contributed by atoms with Crippen LogP contribution in [0.4, 0.5) is 0 Å². The molecular weight excluding hydrogens is 259 g/mol. The summed E-state index contributed by atoms with van der Waals surface area (Å²) in [7, 11) is 0. The van der Waals surface area contributed by atoms with Gasteiger partial charge in [0.15, 0.2) is 5.65 Å². The first-order chi connectivity index (χ1) is 5.29. The lowest BCUT2D eigenvalue weighted by Gasteiger charge is -1.87. The van der Waals surface area contributed by atoms with Gasteiger partial charge in [0.05, 0.1) is 16.1 Å². The van der Waals surface area contributed by atoms with Gasteiger partial charge in [0.25, 0.3) is 0 Å². The molecule has 0 bridgehead atoms. The molecular formula is C5H3IN4O. The Hall–Kier alpha value is -0.920. The monoisotopic (exact) mass is 262 g/mol. The maximum Gasteiger partial charge on any atom is 0.349 e. The van der Waals surface area contributed by atoms with E-state index in [9.17, 15) is 4.79 Å². The first-order valence-corrected chi connectivity index (χ1v) is 3.94. The zero-order valence-electron chi connectivity index (χ0n) is 5.28. The Morgan fingerprint density at radius 1 is 1.64 bits per heavy atom. The van der Waals surface area contributed by atoms with E-state index in [-0.39, 0.29) is 5.69 Å². The van der Waals surface area contributed by atoms with Crippen molar-refractivity contribution < 1.29 is 0 Å². The predicted molar refractivity (Wildman–Crippen MR) is 46.3 cm³/mol. The highest BCUT2D eigenvalue weighted by atomic mass is 127. The topological polar surface area (TPSA) is 63.0 Å². The molecule has 0 atom stereocenters. The van der Waals surface area contributed by atoms with E-state index in [4.69, 9.17) is 0 Å². The molecule has 56 valence electrons. The number of rotatable bonds is 0. The first kappa shape index (κ1) is 6.77. The van der Waals surface area contributed by atoms with Crippen molar-refractivity contribution in [2.45, 2.75) is 0 Å². The average molecular weight is 262 g/mol. The van der Waals surface area contributed by atoms with Gasteiger partial charge in [-0.2, -0.15) is 9.61 Å². The highest BCUT2D eigenvalue weighted by Gasteiger charge is 2.02. The van der Waals surface area contributed by atoms with Gasteiger partial charge in [-0.3, -0.25) is 4.98 Å². The Labute approximate surface area is 74.6 Å². The maximum atomic E-state index is 11.0. The fourth-order valence-electron chi connectivity index (χ4n) is 0.797. The second kappa shape index (κ2) is 2.29. The van der Waals surface area contributed by atoms with Gasteiger partial charge >= 0.3 is 5.69 Å². The van der Waals surface area contributed by atoms with Crippen LogP contribution in [-0.2, 0) is 0 Å². The van der Waals surface area contributed by atoms with Crippen LogP contribution in [0.3, 0.4) is 0 Å². The highest BCUT2D eigenvalue weighted by molar-refractivity contribution is 14.1. The van der Waals surface area contributed by atoms with Crippen molar-refractivity contribution in [2.24, 2.45) is 0 Å². The summed E-state index contributed by atoms with van der Waals surface area (Å²) in [5.41, 5.74) is 0.326. The van der Waals surface area contributed by atoms with Crippen molar-refractivity contribution in [3.63, 3.8) is 0 Å².